The quantitative estimate of drug-likeness (QED) is 0.492. The van der Waals surface area contributed by atoms with Gasteiger partial charge in [-0.15, -0.1) is 0 Å². The summed E-state index contributed by atoms with van der Waals surface area (Å²) in [4.78, 5) is 32.5. The summed E-state index contributed by atoms with van der Waals surface area (Å²) in [5.41, 5.74) is -0.906. The van der Waals surface area contributed by atoms with Gasteiger partial charge in [0, 0.05) is 5.56 Å². The third-order valence-corrected chi connectivity index (χ3v) is 2.64. The Kier molecular flexibility index (Phi) is 13.8. The predicted molar refractivity (Wildman–Crippen MR) is 56.9 cm³/mol. The molecule has 0 aliphatic rings. The van der Waals surface area contributed by atoms with Crippen LogP contribution in [0.4, 0.5) is 0 Å². The SMILES string of the molecule is O=C([O-])c1ccc2c(C(=O)[O-])cc(C(=O)[O-])cc2c1.[K+].[K+].[K+]. The zero-order chi connectivity index (χ0) is 14.2. The van der Waals surface area contributed by atoms with Crippen LogP contribution in [0.15, 0.2) is 30.3 Å². The molecule has 0 aliphatic carbocycles. The van der Waals surface area contributed by atoms with Crippen LogP contribution in [-0.4, -0.2) is 17.9 Å². The van der Waals surface area contributed by atoms with E-state index in [2.05, 4.69) is 0 Å². The van der Waals surface area contributed by atoms with E-state index >= 15 is 0 Å². The Morgan fingerprint density at radius 2 is 1.18 bits per heavy atom. The van der Waals surface area contributed by atoms with Crippen LogP contribution in [0, 0.1) is 0 Å². The average molecular weight is 374 g/mol. The first kappa shape index (κ1) is 26.3. The second-order valence-corrected chi connectivity index (χ2v) is 3.82. The molecular formula is C13H5K3O6. The maximum atomic E-state index is 11.0. The molecule has 0 aromatic heterocycles. The smallest absolute Gasteiger partial charge is 0.545 e. The molecule has 0 radical (unpaired) electrons. The van der Waals surface area contributed by atoms with Gasteiger partial charge in [0.2, 0.25) is 0 Å². The van der Waals surface area contributed by atoms with Gasteiger partial charge in [-0.2, -0.15) is 0 Å². The number of fused-ring (bicyclic) bond motifs is 1. The zero-order valence-electron chi connectivity index (χ0n) is 12.3. The van der Waals surface area contributed by atoms with Gasteiger partial charge in [-0.3, -0.25) is 0 Å². The molecule has 0 atom stereocenters. The average Bonchev–Trinajstić information content (AvgIpc) is 2.36. The minimum Gasteiger partial charge on any atom is -0.545 e. The van der Waals surface area contributed by atoms with Crippen LogP contribution in [0.5, 0.6) is 0 Å². The van der Waals surface area contributed by atoms with Gasteiger partial charge >= 0.3 is 154 Å². The molecule has 0 unspecified atom stereocenters. The monoisotopic (exact) mass is 374 g/mol. The van der Waals surface area contributed by atoms with Crippen molar-refractivity contribution in [1.82, 2.24) is 0 Å². The van der Waals surface area contributed by atoms with Crippen molar-refractivity contribution in [1.29, 1.82) is 0 Å². The topological polar surface area (TPSA) is 120 Å². The molecule has 2 aromatic carbocycles. The van der Waals surface area contributed by atoms with E-state index < -0.39 is 17.9 Å². The molecule has 0 heterocycles. The number of carboxylic acid groups (broad SMARTS) is 3. The zero-order valence-corrected chi connectivity index (χ0v) is 21.7. The van der Waals surface area contributed by atoms with E-state index in [0.29, 0.717) is 0 Å². The summed E-state index contributed by atoms with van der Waals surface area (Å²) in [6, 6.07) is 5.59. The molecule has 0 spiro atoms. The Morgan fingerprint density at radius 3 is 1.64 bits per heavy atom. The first-order valence-corrected chi connectivity index (χ1v) is 5.12. The van der Waals surface area contributed by atoms with Gasteiger partial charge in [-0.05, 0) is 40.1 Å². The molecule has 0 saturated heterocycles. The van der Waals surface area contributed by atoms with Crippen LogP contribution in [0.1, 0.15) is 31.1 Å². The van der Waals surface area contributed by atoms with Crippen molar-refractivity contribution in [3.8, 4) is 0 Å². The summed E-state index contributed by atoms with van der Waals surface area (Å²) < 4.78 is 0. The van der Waals surface area contributed by atoms with Crippen molar-refractivity contribution < 1.29 is 184 Å². The number of carboxylic acids is 3. The molecule has 0 N–H and O–H groups in total. The molecule has 0 aliphatic heterocycles. The number of hydrogen-bond donors (Lipinski definition) is 0. The number of rotatable bonds is 3. The van der Waals surface area contributed by atoms with Gasteiger partial charge in [0.25, 0.3) is 0 Å². The standard InChI is InChI=1S/C13H8O6.3K/c14-11(15)6-1-2-9-7(3-6)4-8(12(16)17)5-10(9)13(18)19;;;/h1-5H,(H,14,15)(H,16,17)(H,18,19);;;/q;3*+1/p-3. The Hall–Kier alpha value is 2.02. The van der Waals surface area contributed by atoms with Crippen molar-refractivity contribution in [2.45, 2.75) is 0 Å². The maximum absolute atomic E-state index is 11.0. The molecule has 0 amide bonds. The minimum absolute atomic E-state index is 0. The minimum atomic E-state index is -1.57. The molecule has 6 nitrogen and oxygen atoms in total. The molecule has 0 saturated carbocycles. The number of carbonyl (C=O) groups excluding carboxylic acids is 3. The molecule has 2 rings (SSSR count). The Morgan fingerprint density at radius 1 is 0.682 bits per heavy atom. The molecular weight excluding hydrogens is 369 g/mol. The van der Waals surface area contributed by atoms with E-state index in [1.807, 2.05) is 0 Å². The predicted octanol–water partition coefficient (Wildman–Crippen LogP) is -11.1. The molecule has 2 aromatic rings. The van der Waals surface area contributed by atoms with Crippen LogP contribution in [0.2, 0.25) is 0 Å². The normalized spacial score (nSPS) is 8.91. The summed E-state index contributed by atoms with van der Waals surface area (Å²) in [5.74, 6) is -4.58. The first-order chi connectivity index (χ1) is 8.90. The third-order valence-electron chi connectivity index (χ3n) is 2.64. The third kappa shape index (κ3) is 6.39. The van der Waals surface area contributed by atoms with Gasteiger partial charge in [0.05, 0.1) is 17.9 Å². The van der Waals surface area contributed by atoms with E-state index in [0.717, 1.165) is 18.2 Å². The van der Waals surface area contributed by atoms with Crippen molar-refractivity contribution in [3.05, 3.63) is 47.0 Å². The van der Waals surface area contributed by atoms with Crippen LogP contribution < -0.4 is 169 Å². The van der Waals surface area contributed by atoms with E-state index in [9.17, 15) is 29.7 Å². The van der Waals surface area contributed by atoms with Crippen LogP contribution in [-0.2, 0) is 0 Å². The van der Waals surface area contributed by atoms with Crippen molar-refractivity contribution in [3.63, 3.8) is 0 Å². The number of hydrogen-bond acceptors (Lipinski definition) is 6. The second-order valence-electron chi connectivity index (χ2n) is 3.82. The van der Waals surface area contributed by atoms with Crippen LogP contribution in [0.25, 0.3) is 10.8 Å². The van der Waals surface area contributed by atoms with Gasteiger partial charge in [-0.25, -0.2) is 0 Å². The summed E-state index contributed by atoms with van der Waals surface area (Å²) in [6.07, 6.45) is 0. The van der Waals surface area contributed by atoms with Gasteiger partial charge in [0.15, 0.2) is 0 Å². The fourth-order valence-electron chi connectivity index (χ4n) is 1.78. The molecule has 0 bridgehead atoms. The first-order valence-electron chi connectivity index (χ1n) is 5.12. The summed E-state index contributed by atoms with van der Waals surface area (Å²) in [6.45, 7) is 0. The molecule has 0 fully saturated rings. The number of carbonyl (C=O) groups is 3. The fourth-order valence-corrected chi connectivity index (χ4v) is 1.78. The summed E-state index contributed by atoms with van der Waals surface area (Å²) in [7, 11) is 0. The van der Waals surface area contributed by atoms with Crippen LogP contribution in [0.3, 0.4) is 0 Å². The fraction of sp³-hybridized carbons (Fsp3) is 0. The Labute approximate surface area is 253 Å². The van der Waals surface area contributed by atoms with E-state index in [4.69, 9.17) is 0 Å². The van der Waals surface area contributed by atoms with E-state index in [1.165, 1.54) is 12.1 Å². The van der Waals surface area contributed by atoms with E-state index in [1.54, 1.807) is 0 Å². The van der Waals surface area contributed by atoms with Gasteiger partial charge in [0.1, 0.15) is 0 Å². The summed E-state index contributed by atoms with van der Waals surface area (Å²) in [5, 5.41) is 32.8. The summed E-state index contributed by atoms with van der Waals surface area (Å²) >= 11 is 0. The largest absolute Gasteiger partial charge is 1.00 e. The Balaban J connectivity index is 0. The van der Waals surface area contributed by atoms with Gasteiger partial charge < -0.3 is 29.7 Å². The second kappa shape index (κ2) is 11.6. The molecule has 9 heteroatoms. The van der Waals surface area contributed by atoms with Crippen LogP contribution >= 0.6 is 0 Å². The molecule has 96 valence electrons. The number of aromatic carboxylic acids is 3. The van der Waals surface area contributed by atoms with Crippen molar-refractivity contribution in [2.75, 3.05) is 0 Å². The van der Waals surface area contributed by atoms with Crippen molar-refractivity contribution in [2.24, 2.45) is 0 Å². The Bertz CT molecular complexity index is 724. The maximum Gasteiger partial charge on any atom is 1.00 e. The number of benzene rings is 2. The molecule has 22 heavy (non-hydrogen) atoms. The van der Waals surface area contributed by atoms with E-state index in [-0.39, 0.29) is 182 Å². The van der Waals surface area contributed by atoms with Crippen molar-refractivity contribution >= 4 is 28.7 Å². The van der Waals surface area contributed by atoms with Gasteiger partial charge in [-0.1, -0.05) is 12.1 Å².